The van der Waals surface area contributed by atoms with Gasteiger partial charge in [0.25, 0.3) is 0 Å². The third kappa shape index (κ3) is 1.99. The van der Waals surface area contributed by atoms with Gasteiger partial charge in [-0.1, -0.05) is 20.8 Å². The normalized spacial score (nSPS) is 16.8. The Balaban J connectivity index is 2.07. The molecule has 0 aliphatic carbocycles. The van der Waals surface area contributed by atoms with Crippen molar-refractivity contribution in [1.82, 2.24) is 10.2 Å². The van der Waals surface area contributed by atoms with Crippen LogP contribution in [-0.2, 0) is 5.41 Å². The predicted molar refractivity (Wildman–Crippen MR) is 62.0 cm³/mol. The Morgan fingerprint density at radius 3 is 2.44 bits per heavy atom. The quantitative estimate of drug-likeness (QED) is 0.717. The summed E-state index contributed by atoms with van der Waals surface area (Å²) in [6.07, 6.45) is 0. The fourth-order valence-corrected chi connectivity index (χ4v) is 1.64. The van der Waals surface area contributed by atoms with Gasteiger partial charge in [-0.15, -0.1) is 5.10 Å². The molecule has 1 aliphatic heterocycles. The summed E-state index contributed by atoms with van der Waals surface area (Å²) in [4.78, 5) is 2.08. The molecule has 0 atom stereocenters. The Hall–Kier alpha value is -1.63. The lowest BCUT2D eigenvalue weighted by Gasteiger charge is -2.36. The van der Waals surface area contributed by atoms with E-state index in [1.165, 1.54) is 0 Å². The Bertz CT molecular complexity index is 404. The van der Waals surface area contributed by atoms with Gasteiger partial charge in [-0.3, -0.25) is 0 Å². The van der Waals surface area contributed by atoms with E-state index in [0.717, 1.165) is 24.6 Å². The molecule has 0 saturated carbocycles. The molecule has 84 valence electrons. The lowest BCUT2D eigenvalue weighted by Crippen LogP contribution is -2.46. The molecule has 1 aromatic heterocycles. The fourth-order valence-electron chi connectivity index (χ4n) is 1.64. The first-order chi connectivity index (χ1) is 7.50. The largest absolute Gasteiger partial charge is 0.352 e. The lowest BCUT2D eigenvalue weighted by molar-refractivity contribution is 0.494. The number of rotatable bonds is 1. The van der Waals surface area contributed by atoms with Crippen LogP contribution in [0.2, 0.25) is 0 Å². The maximum atomic E-state index is 8.69. The second-order valence-electron chi connectivity index (χ2n) is 5.26. The van der Waals surface area contributed by atoms with Crippen molar-refractivity contribution in [3.63, 3.8) is 0 Å². The molecule has 0 N–H and O–H groups in total. The van der Waals surface area contributed by atoms with Crippen LogP contribution in [-0.4, -0.2) is 23.3 Å². The molecule has 16 heavy (non-hydrogen) atoms. The molecule has 0 bridgehead atoms. The van der Waals surface area contributed by atoms with E-state index in [9.17, 15) is 0 Å². The number of nitriles is 1. The monoisotopic (exact) mass is 216 g/mol. The third-order valence-electron chi connectivity index (χ3n) is 2.81. The van der Waals surface area contributed by atoms with Gasteiger partial charge in [-0.05, 0) is 12.1 Å². The van der Waals surface area contributed by atoms with Gasteiger partial charge in [0, 0.05) is 18.5 Å². The van der Waals surface area contributed by atoms with E-state index in [-0.39, 0.29) is 11.3 Å². The molecule has 2 heterocycles. The summed E-state index contributed by atoms with van der Waals surface area (Å²) in [5.41, 5.74) is 1.03. The van der Waals surface area contributed by atoms with Crippen LogP contribution in [0.5, 0.6) is 0 Å². The fraction of sp³-hybridized carbons (Fsp3) is 0.583. The van der Waals surface area contributed by atoms with Crippen molar-refractivity contribution in [3.05, 3.63) is 17.8 Å². The van der Waals surface area contributed by atoms with E-state index in [0.29, 0.717) is 0 Å². The van der Waals surface area contributed by atoms with E-state index in [4.69, 9.17) is 5.26 Å². The second-order valence-corrected chi connectivity index (χ2v) is 5.26. The minimum Gasteiger partial charge on any atom is -0.352 e. The molecule has 0 spiro atoms. The highest BCUT2D eigenvalue weighted by molar-refractivity contribution is 5.42. The van der Waals surface area contributed by atoms with E-state index in [1.807, 2.05) is 12.1 Å². The Labute approximate surface area is 95.9 Å². The highest BCUT2D eigenvalue weighted by Gasteiger charge is 2.28. The molecule has 1 aromatic rings. The van der Waals surface area contributed by atoms with Crippen molar-refractivity contribution in [2.24, 2.45) is 5.92 Å². The number of anilines is 1. The lowest BCUT2D eigenvalue weighted by atomic mass is 9.92. The molecule has 0 radical (unpaired) electrons. The van der Waals surface area contributed by atoms with Crippen molar-refractivity contribution >= 4 is 5.82 Å². The zero-order valence-corrected chi connectivity index (χ0v) is 9.94. The van der Waals surface area contributed by atoms with Gasteiger partial charge in [0.2, 0.25) is 0 Å². The summed E-state index contributed by atoms with van der Waals surface area (Å²) >= 11 is 0. The van der Waals surface area contributed by atoms with Crippen LogP contribution in [0.25, 0.3) is 0 Å². The highest BCUT2D eigenvalue weighted by Crippen LogP contribution is 2.24. The summed E-state index contributed by atoms with van der Waals surface area (Å²) in [5, 5.41) is 17.1. The van der Waals surface area contributed by atoms with E-state index < -0.39 is 0 Å². The molecular weight excluding hydrogens is 200 g/mol. The van der Waals surface area contributed by atoms with Crippen LogP contribution < -0.4 is 4.90 Å². The topological polar surface area (TPSA) is 52.8 Å². The number of hydrogen-bond acceptors (Lipinski definition) is 4. The molecule has 0 amide bonds. The van der Waals surface area contributed by atoms with Crippen molar-refractivity contribution in [2.45, 2.75) is 26.2 Å². The Morgan fingerprint density at radius 2 is 2.00 bits per heavy atom. The van der Waals surface area contributed by atoms with E-state index in [1.54, 1.807) is 0 Å². The van der Waals surface area contributed by atoms with Gasteiger partial charge in [0.1, 0.15) is 0 Å². The van der Waals surface area contributed by atoms with Gasteiger partial charge < -0.3 is 4.90 Å². The molecule has 4 nitrogen and oxygen atoms in total. The molecule has 0 aromatic carbocycles. The van der Waals surface area contributed by atoms with E-state index in [2.05, 4.69) is 41.9 Å². The van der Waals surface area contributed by atoms with Crippen molar-refractivity contribution < 1.29 is 0 Å². The van der Waals surface area contributed by atoms with Crippen molar-refractivity contribution in [1.29, 1.82) is 5.26 Å². The highest BCUT2D eigenvalue weighted by atomic mass is 15.3. The van der Waals surface area contributed by atoms with Crippen LogP contribution in [0.1, 0.15) is 26.5 Å². The predicted octanol–water partition coefficient (Wildman–Crippen LogP) is 1.73. The molecule has 2 rings (SSSR count). The summed E-state index contributed by atoms with van der Waals surface area (Å²) in [6.45, 7) is 7.91. The van der Waals surface area contributed by atoms with Gasteiger partial charge in [-0.2, -0.15) is 10.4 Å². The van der Waals surface area contributed by atoms with E-state index >= 15 is 0 Å². The average Bonchev–Trinajstić information content (AvgIpc) is 2.15. The summed E-state index contributed by atoms with van der Waals surface area (Å²) < 4.78 is 0. The number of aromatic nitrogens is 2. The maximum Gasteiger partial charge on any atom is 0.151 e. The average molecular weight is 216 g/mol. The Morgan fingerprint density at radius 1 is 1.31 bits per heavy atom. The standard InChI is InChI=1S/C12H16N4/c1-12(2,3)10-4-5-11(15-14-10)16-7-9(6-13)8-16/h4-5,9H,7-8H2,1-3H3. The van der Waals surface area contributed by atoms with Crippen LogP contribution in [0.15, 0.2) is 12.1 Å². The van der Waals surface area contributed by atoms with Gasteiger partial charge in [-0.25, -0.2) is 0 Å². The second kappa shape index (κ2) is 3.75. The molecule has 0 unspecified atom stereocenters. The zero-order chi connectivity index (χ0) is 11.8. The summed E-state index contributed by atoms with van der Waals surface area (Å²) in [7, 11) is 0. The summed E-state index contributed by atoms with van der Waals surface area (Å²) in [5.74, 6) is 1.03. The third-order valence-corrected chi connectivity index (χ3v) is 2.81. The molecule has 1 saturated heterocycles. The van der Waals surface area contributed by atoms with Gasteiger partial charge >= 0.3 is 0 Å². The van der Waals surface area contributed by atoms with Gasteiger partial charge in [0.15, 0.2) is 5.82 Å². The maximum absolute atomic E-state index is 8.69. The minimum atomic E-state index is 0.0374. The molecular formula is C12H16N4. The van der Waals surface area contributed by atoms with Crippen LogP contribution in [0, 0.1) is 17.2 Å². The van der Waals surface area contributed by atoms with Gasteiger partial charge in [0.05, 0.1) is 17.7 Å². The number of hydrogen-bond donors (Lipinski definition) is 0. The first kappa shape index (κ1) is 10.9. The minimum absolute atomic E-state index is 0.0374. The Kier molecular flexibility index (Phi) is 2.55. The number of nitrogens with zero attached hydrogens (tertiary/aromatic N) is 4. The smallest absolute Gasteiger partial charge is 0.151 e. The van der Waals surface area contributed by atoms with Crippen molar-refractivity contribution in [2.75, 3.05) is 18.0 Å². The molecule has 4 heteroatoms. The zero-order valence-electron chi connectivity index (χ0n) is 9.94. The van der Waals surface area contributed by atoms with Crippen LogP contribution in [0.3, 0.4) is 0 Å². The van der Waals surface area contributed by atoms with Crippen LogP contribution >= 0.6 is 0 Å². The first-order valence-electron chi connectivity index (χ1n) is 5.49. The first-order valence-corrected chi connectivity index (χ1v) is 5.49. The summed E-state index contributed by atoms with van der Waals surface area (Å²) in [6, 6.07) is 6.25. The SMILES string of the molecule is CC(C)(C)c1ccc(N2CC(C#N)C2)nn1. The molecule has 1 aliphatic rings. The molecule has 1 fully saturated rings. The van der Waals surface area contributed by atoms with Crippen LogP contribution in [0.4, 0.5) is 5.82 Å². The van der Waals surface area contributed by atoms with Crippen molar-refractivity contribution in [3.8, 4) is 6.07 Å².